The lowest BCUT2D eigenvalue weighted by molar-refractivity contribution is -0.145. The molecule has 3 amide bonds. The monoisotopic (exact) mass is 292 g/mol. The van der Waals surface area contributed by atoms with Crippen LogP contribution in [0.15, 0.2) is 18.2 Å². The van der Waals surface area contributed by atoms with Gasteiger partial charge in [-0.3, -0.25) is 19.7 Å². The Labute approximate surface area is 121 Å². The molecule has 1 aliphatic rings. The second-order valence-corrected chi connectivity index (χ2v) is 4.58. The number of amides is 3. The number of ether oxygens (including phenoxy) is 2. The minimum atomic E-state index is -0.471. The maximum absolute atomic E-state index is 12.2. The molecule has 0 aliphatic carbocycles. The Morgan fingerprint density at radius 3 is 2.43 bits per heavy atom. The Morgan fingerprint density at radius 1 is 1.19 bits per heavy atom. The lowest BCUT2D eigenvalue weighted by Gasteiger charge is -2.25. The number of hydrogen-bond acceptors (Lipinski definition) is 5. The van der Waals surface area contributed by atoms with Gasteiger partial charge in [-0.05, 0) is 6.07 Å². The Kier molecular flexibility index (Phi) is 4.42. The van der Waals surface area contributed by atoms with E-state index in [1.54, 1.807) is 18.2 Å². The van der Waals surface area contributed by atoms with Crippen molar-refractivity contribution in [1.29, 1.82) is 0 Å². The summed E-state index contributed by atoms with van der Waals surface area (Å²) in [5.41, 5.74) is 0.668. The first-order valence-corrected chi connectivity index (χ1v) is 6.35. The van der Waals surface area contributed by atoms with Crippen LogP contribution in [0.2, 0.25) is 0 Å². The number of carbonyl (C=O) groups excluding carboxylic acids is 3. The lowest BCUT2D eigenvalue weighted by Crippen LogP contribution is -2.53. The van der Waals surface area contributed by atoms with Crippen molar-refractivity contribution in [3.63, 3.8) is 0 Å². The van der Waals surface area contributed by atoms with Crippen LogP contribution in [-0.2, 0) is 20.8 Å². The lowest BCUT2D eigenvalue weighted by atomic mass is 10.1. The van der Waals surface area contributed by atoms with E-state index < -0.39 is 11.8 Å². The van der Waals surface area contributed by atoms with Crippen molar-refractivity contribution < 1.29 is 23.9 Å². The molecule has 0 aromatic heterocycles. The third-order valence-electron chi connectivity index (χ3n) is 3.14. The third kappa shape index (κ3) is 3.50. The van der Waals surface area contributed by atoms with Gasteiger partial charge in [0.25, 0.3) is 0 Å². The van der Waals surface area contributed by atoms with Crippen molar-refractivity contribution >= 4 is 17.7 Å². The van der Waals surface area contributed by atoms with Gasteiger partial charge >= 0.3 is 0 Å². The molecule has 1 saturated heterocycles. The fourth-order valence-corrected chi connectivity index (χ4v) is 2.09. The zero-order valence-electron chi connectivity index (χ0n) is 11.8. The van der Waals surface area contributed by atoms with Crippen LogP contribution in [0.25, 0.3) is 0 Å². The minimum absolute atomic E-state index is 0.0493. The maximum Gasteiger partial charge on any atom is 0.246 e. The summed E-state index contributed by atoms with van der Waals surface area (Å²) in [5, 5.41) is 2.15. The highest BCUT2D eigenvalue weighted by molar-refractivity contribution is 6.02. The van der Waals surface area contributed by atoms with Crippen LogP contribution >= 0.6 is 0 Å². The molecule has 0 atom stereocenters. The van der Waals surface area contributed by atoms with E-state index in [1.807, 2.05) is 0 Å². The number of nitrogens with one attached hydrogen (secondary N) is 1. The summed E-state index contributed by atoms with van der Waals surface area (Å²) in [6.45, 7) is -0.216. The van der Waals surface area contributed by atoms with Crippen molar-refractivity contribution in [3.8, 4) is 11.5 Å². The average Bonchev–Trinajstić information content (AvgIpc) is 2.46. The zero-order valence-corrected chi connectivity index (χ0v) is 11.8. The van der Waals surface area contributed by atoms with E-state index in [4.69, 9.17) is 9.47 Å². The van der Waals surface area contributed by atoms with E-state index in [1.165, 1.54) is 19.1 Å². The van der Waals surface area contributed by atoms with Crippen molar-refractivity contribution in [2.24, 2.45) is 0 Å². The van der Waals surface area contributed by atoms with Gasteiger partial charge in [-0.25, -0.2) is 0 Å². The minimum Gasteiger partial charge on any atom is -0.497 e. The highest BCUT2D eigenvalue weighted by atomic mass is 16.5. The fraction of sp³-hybridized carbons (Fsp3) is 0.357. The fourth-order valence-electron chi connectivity index (χ4n) is 2.09. The van der Waals surface area contributed by atoms with Crippen LogP contribution in [-0.4, -0.2) is 49.9 Å². The van der Waals surface area contributed by atoms with E-state index in [9.17, 15) is 14.4 Å². The van der Waals surface area contributed by atoms with Gasteiger partial charge < -0.3 is 14.4 Å². The topological polar surface area (TPSA) is 84.9 Å². The van der Waals surface area contributed by atoms with E-state index in [0.29, 0.717) is 17.1 Å². The molecule has 0 unspecified atom stereocenters. The second-order valence-electron chi connectivity index (χ2n) is 4.58. The predicted octanol–water partition coefficient (Wildman–Crippen LogP) is -0.269. The number of imide groups is 1. The summed E-state index contributed by atoms with van der Waals surface area (Å²) < 4.78 is 10.3. The van der Waals surface area contributed by atoms with Gasteiger partial charge in [0.2, 0.25) is 17.7 Å². The molecule has 1 aromatic carbocycles. The first-order valence-electron chi connectivity index (χ1n) is 6.35. The van der Waals surface area contributed by atoms with Gasteiger partial charge in [0.15, 0.2) is 0 Å². The quantitative estimate of drug-likeness (QED) is 0.772. The van der Waals surface area contributed by atoms with Crippen LogP contribution in [0, 0.1) is 0 Å². The van der Waals surface area contributed by atoms with E-state index in [0.717, 1.165) is 0 Å². The van der Waals surface area contributed by atoms with E-state index in [2.05, 4.69) is 5.32 Å². The smallest absolute Gasteiger partial charge is 0.246 e. The summed E-state index contributed by atoms with van der Waals surface area (Å²) in [4.78, 5) is 36.0. The van der Waals surface area contributed by atoms with Gasteiger partial charge in [-0.15, -0.1) is 0 Å². The maximum atomic E-state index is 12.2. The van der Waals surface area contributed by atoms with E-state index >= 15 is 0 Å². The summed E-state index contributed by atoms with van der Waals surface area (Å²) in [6.07, 6.45) is 0.0493. The molecule has 0 saturated carbocycles. The molecule has 1 fully saturated rings. The molecule has 2 rings (SSSR count). The summed E-state index contributed by atoms with van der Waals surface area (Å²) in [6, 6.07) is 5.12. The van der Waals surface area contributed by atoms with Gasteiger partial charge in [0.05, 0.1) is 20.6 Å². The van der Waals surface area contributed by atoms with Crippen molar-refractivity contribution in [3.05, 3.63) is 23.8 Å². The third-order valence-corrected chi connectivity index (χ3v) is 3.14. The SMILES string of the molecule is COc1ccc(CC(=O)N2CC(=O)NC(=O)C2)c(OC)c1. The molecular weight excluding hydrogens is 276 g/mol. The molecule has 0 spiro atoms. The second kappa shape index (κ2) is 6.25. The number of hydrogen-bond donors (Lipinski definition) is 1. The molecule has 0 radical (unpaired) electrons. The number of benzene rings is 1. The van der Waals surface area contributed by atoms with Crippen molar-refractivity contribution in [1.82, 2.24) is 10.2 Å². The van der Waals surface area contributed by atoms with Crippen LogP contribution < -0.4 is 14.8 Å². The largest absolute Gasteiger partial charge is 0.497 e. The van der Waals surface area contributed by atoms with Crippen LogP contribution in [0.1, 0.15) is 5.56 Å². The molecule has 1 heterocycles. The van der Waals surface area contributed by atoms with Crippen molar-refractivity contribution in [2.75, 3.05) is 27.3 Å². The normalized spacial score (nSPS) is 14.7. The standard InChI is InChI=1S/C14H16N2O5/c1-20-10-4-3-9(11(6-10)21-2)5-14(19)16-7-12(17)15-13(18)8-16/h3-4,6H,5,7-8H2,1-2H3,(H,15,17,18). The Hall–Kier alpha value is -2.57. The molecule has 1 aliphatic heterocycles. The van der Waals surface area contributed by atoms with E-state index in [-0.39, 0.29) is 25.4 Å². The first kappa shape index (κ1) is 14.8. The average molecular weight is 292 g/mol. The number of rotatable bonds is 4. The Bertz CT molecular complexity index is 569. The highest BCUT2D eigenvalue weighted by Crippen LogP contribution is 2.25. The Balaban J connectivity index is 2.12. The van der Waals surface area contributed by atoms with Gasteiger partial charge in [-0.2, -0.15) is 0 Å². The molecule has 7 nitrogen and oxygen atoms in total. The Morgan fingerprint density at radius 2 is 1.86 bits per heavy atom. The van der Waals surface area contributed by atoms with Gasteiger partial charge in [0, 0.05) is 11.6 Å². The van der Waals surface area contributed by atoms with Gasteiger partial charge in [-0.1, -0.05) is 6.07 Å². The number of carbonyl (C=O) groups is 3. The highest BCUT2D eigenvalue weighted by Gasteiger charge is 2.26. The molecule has 0 bridgehead atoms. The van der Waals surface area contributed by atoms with Gasteiger partial charge in [0.1, 0.15) is 24.6 Å². The van der Waals surface area contributed by atoms with Crippen LogP contribution in [0.3, 0.4) is 0 Å². The molecule has 21 heavy (non-hydrogen) atoms. The molecule has 7 heteroatoms. The molecular formula is C14H16N2O5. The van der Waals surface area contributed by atoms with Crippen molar-refractivity contribution in [2.45, 2.75) is 6.42 Å². The number of nitrogens with zero attached hydrogens (tertiary/aromatic N) is 1. The molecule has 112 valence electrons. The summed E-state index contributed by atoms with van der Waals surface area (Å²) >= 11 is 0. The molecule has 1 N–H and O–H groups in total. The first-order chi connectivity index (χ1) is 10.0. The molecule has 1 aromatic rings. The summed E-state index contributed by atoms with van der Waals surface area (Å²) in [7, 11) is 3.04. The zero-order chi connectivity index (χ0) is 15.4. The van der Waals surface area contributed by atoms with Crippen LogP contribution in [0.4, 0.5) is 0 Å². The predicted molar refractivity (Wildman–Crippen MR) is 73.0 cm³/mol. The number of piperazine rings is 1. The van der Waals surface area contributed by atoms with Crippen LogP contribution in [0.5, 0.6) is 11.5 Å². The number of methoxy groups -OCH3 is 2. The summed E-state index contributed by atoms with van der Waals surface area (Å²) in [5.74, 6) is -0.102.